The van der Waals surface area contributed by atoms with Crippen molar-refractivity contribution in [2.24, 2.45) is 0 Å². The summed E-state index contributed by atoms with van der Waals surface area (Å²) in [7, 11) is -1.35. The molecular formula is C24H19NO4S. The number of fused-ring (bicyclic) bond motifs is 1. The van der Waals surface area contributed by atoms with Crippen LogP contribution in [0.4, 0.5) is 0 Å². The number of benzene rings is 3. The van der Waals surface area contributed by atoms with Crippen molar-refractivity contribution >= 4 is 27.7 Å². The minimum atomic E-state index is -1.35. The zero-order chi connectivity index (χ0) is 20.9. The minimum absolute atomic E-state index is 0.0506. The van der Waals surface area contributed by atoms with Crippen molar-refractivity contribution < 1.29 is 18.8 Å². The van der Waals surface area contributed by atoms with E-state index < -0.39 is 16.8 Å². The second-order valence-corrected chi connectivity index (χ2v) is 8.22. The van der Waals surface area contributed by atoms with Gasteiger partial charge in [-0.25, -0.2) is 9.19 Å². The molecule has 0 fully saturated rings. The smallest absolute Gasteiger partial charge is 0.307 e. The lowest BCUT2D eigenvalue weighted by atomic mass is 10.2. The molecule has 1 atom stereocenters. The van der Waals surface area contributed by atoms with Gasteiger partial charge in [-0.1, -0.05) is 36.4 Å². The number of carboxylic acid groups (broad SMARTS) is 1. The van der Waals surface area contributed by atoms with Crippen LogP contribution in [0.2, 0.25) is 0 Å². The van der Waals surface area contributed by atoms with E-state index in [0.717, 1.165) is 16.6 Å². The van der Waals surface area contributed by atoms with E-state index in [9.17, 15) is 9.00 Å². The van der Waals surface area contributed by atoms with Crippen LogP contribution in [-0.4, -0.2) is 20.3 Å². The van der Waals surface area contributed by atoms with Crippen molar-refractivity contribution in [2.45, 2.75) is 22.8 Å². The molecule has 4 aromatic rings. The molecule has 1 N–H and O–H groups in total. The molecule has 30 heavy (non-hydrogen) atoms. The molecule has 0 radical (unpaired) electrons. The Morgan fingerprint density at radius 1 is 0.867 bits per heavy atom. The number of hydrogen-bond acceptors (Lipinski definition) is 4. The van der Waals surface area contributed by atoms with E-state index in [1.807, 2.05) is 36.4 Å². The van der Waals surface area contributed by atoms with E-state index in [-0.39, 0.29) is 6.42 Å². The van der Waals surface area contributed by atoms with Crippen LogP contribution in [0.15, 0.2) is 94.7 Å². The van der Waals surface area contributed by atoms with Crippen molar-refractivity contribution in [2.75, 3.05) is 0 Å². The number of ether oxygens (including phenoxy) is 1. The molecule has 3 aromatic carbocycles. The van der Waals surface area contributed by atoms with E-state index in [2.05, 4.69) is 4.98 Å². The van der Waals surface area contributed by atoms with Crippen LogP contribution >= 0.6 is 0 Å². The van der Waals surface area contributed by atoms with Gasteiger partial charge in [-0.05, 0) is 54.1 Å². The second kappa shape index (κ2) is 8.88. The summed E-state index contributed by atoms with van der Waals surface area (Å²) in [5, 5.41) is 9.92. The topological polar surface area (TPSA) is 76.5 Å². The SMILES string of the molecule is O=C(O)Cc1ccc(S(=O)c2ccc(OCc3ccc4ccccc4n3)cc2)cc1. The first-order valence-corrected chi connectivity index (χ1v) is 10.5. The molecule has 4 rings (SSSR count). The Morgan fingerprint density at radius 3 is 2.23 bits per heavy atom. The summed E-state index contributed by atoms with van der Waals surface area (Å²) in [6.45, 7) is 0.346. The molecule has 5 nitrogen and oxygen atoms in total. The first-order chi connectivity index (χ1) is 14.6. The lowest BCUT2D eigenvalue weighted by Gasteiger charge is -2.08. The summed E-state index contributed by atoms with van der Waals surface area (Å²) >= 11 is 0. The van der Waals surface area contributed by atoms with Gasteiger partial charge in [0.05, 0.1) is 28.4 Å². The van der Waals surface area contributed by atoms with Crippen LogP contribution in [-0.2, 0) is 28.6 Å². The van der Waals surface area contributed by atoms with Crippen molar-refractivity contribution in [1.29, 1.82) is 0 Å². The van der Waals surface area contributed by atoms with Crippen LogP contribution in [0.3, 0.4) is 0 Å². The summed E-state index contributed by atoms with van der Waals surface area (Å²) in [4.78, 5) is 16.6. The number of pyridine rings is 1. The van der Waals surface area contributed by atoms with Gasteiger partial charge in [-0.2, -0.15) is 0 Å². The summed E-state index contributed by atoms with van der Waals surface area (Å²) in [6, 6.07) is 25.8. The number of aromatic nitrogens is 1. The van der Waals surface area contributed by atoms with E-state index in [4.69, 9.17) is 9.84 Å². The zero-order valence-corrected chi connectivity index (χ0v) is 16.8. The van der Waals surface area contributed by atoms with Gasteiger partial charge in [0.2, 0.25) is 0 Å². The molecule has 150 valence electrons. The molecule has 0 amide bonds. The summed E-state index contributed by atoms with van der Waals surface area (Å²) < 4.78 is 18.6. The third kappa shape index (κ3) is 4.72. The van der Waals surface area contributed by atoms with Crippen LogP contribution in [0.1, 0.15) is 11.3 Å². The van der Waals surface area contributed by atoms with Gasteiger partial charge in [0.15, 0.2) is 0 Å². The molecule has 1 heterocycles. The lowest BCUT2D eigenvalue weighted by Crippen LogP contribution is -2.00. The van der Waals surface area contributed by atoms with Crippen LogP contribution in [0.5, 0.6) is 5.75 Å². The first-order valence-electron chi connectivity index (χ1n) is 9.38. The molecular weight excluding hydrogens is 398 g/mol. The summed E-state index contributed by atoms with van der Waals surface area (Å²) in [6.07, 6.45) is -0.0506. The zero-order valence-electron chi connectivity index (χ0n) is 16.0. The molecule has 0 bridgehead atoms. The molecule has 6 heteroatoms. The Morgan fingerprint density at radius 2 is 1.53 bits per heavy atom. The molecule has 0 aliphatic rings. The van der Waals surface area contributed by atoms with Gasteiger partial charge in [0, 0.05) is 15.2 Å². The fourth-order valence-electron chi connectivity index (χ4n) is 3.05. The number of rotatable bonds is 7. The molecule has 1 unspecified atom stereocenters. The Bertz CT molecular complexity index is 1200. The second-order valence-electron chi connectivity index (χ2n) is 6.74. The number of aliphatic carboxylic acids is 1. The maximum Gasteiger partial charge on any atom is 0.307 e. The highest BCUT2D eigenvalue weighted by Gasteiger charge is 2.09. The van der Waals surface area contributed by atoms with Crippen LogP contribution < -0.4 is 4.74 Å². The fourth-order valence-corrected chi connectivity index (χ4v) is 4.09. The number of hydrogen-bond donors (Lipinski definition) is 1. The normalized spacial score (nSPS) is 11.9. The molecule has 1 aromatic heterocycles. The standard InChI is InChI=1S/C24H19NO4S/c26-24(27)15-17-5-11-21(12-6-17)30(28)22-13-9-20(10-14-22)29-16-19-8-7-18-3-1-2-4-23(18)25-19/h1-14H,15-16H2,(H,26,27). The summed E-state index contributed by atoms with van der Waals surface area (Å²) in [5.74, 6) is -0.221. The average Bonchev–Trinajstić information content (AvgIpc) is 2.77. The Kier molecular flexibility index (Phi) is 5.86. The van der Waals surface area contributed by atoms with E-state index >= 15 is 0 Å². The van der Waals surface area contributed by atoms with E-state index in [0.29, 0.717) is 27.7 Å². The number of carboxylic acids is 1. The Labute approximate surface area is 176 Å². The molecule has 0 saturated heterocycles. The lowest BCUT2D eigenvalue weighted by molar-refractivity contribution is -0.136. The highest BCUT2D eigenvalue weighted by molar-refractivity contribution is 7.85. The van der Waals surface area contributed by atoms with Crippen molar-refractivity contribution in [3.8, 4) is 5.75 Å². The fraction of sp³-hybridized carbons (Fsp3) is 0.0833. The van der Waals surface area contributed by atoms with Crippen molar-refractivity contribution in [3.63, 3.8) is 0 Å². The van der Waals surface area contributed by atoms with E-state index in [1.165, 1.54) is 0 Å². The quantitative estimate of drug-likeness (QED) is 0.475. The third-order valence-electron chi connectivity index (χ3n) is 4.57. The predicted octanol–water partition coefficient (Wildman–Crippen LogP) is 4.61. The number of nitrogens with zero attached hydrogens (tertiary/aromatic N) is 1. The summed E-state index contributed by atoms with van der Waals surface area (Å²) in [5.41, 5.74) is 2.44. The van der Waals surface area contributed by atoms with Crippen molar-refractivity contribution in [1.82, 2.24) is 4.98 Å². The highest BCUT2D eigenvalue weighted by atomic mass is 32.2. The van der Waals surface area contributed by atoms with Gasteiger partial charge in [-0.3, -0.25) is 4.79 Å². The Balaban J connectivity index is 1.40. The van der Waals surface area contributed by atoms with E-state index in [1.54, 1.807) is 48.5 Å². The van der Waals surface area contributed by atoms with Crippen molar-refractivity contribution in [3.05, 3.63) is 96.2 Å². The average molecular weight is 417 g/mol. The first kappa shape index (κ1) is 19.8. The highest BCUT2D eigenvalue weighted by Crippen LogP contribution is 2.21. The molecule has 0 spiro atoms. The third-order valence-corrected chi connectivity index (χ3v) is 5.97. The van der Waals surface area contributed by atoms with Crippen LogP contribution in [0.25, 0.3) is 10.9 Å². The molecule has 0 saturated carbocycles. The van der Waals surface area contributed by atoms with Gasteiger partial charge < -0.3 is 9.84 Å². The number of para-hydroxylation sites is 1. The van der Waals surface area contributed by atoms with Gasteiger partial charge >= 0.3 is 5.97 Å². The predicted molar refractivity (Wildman–Crippen MR) is 115 cm³/mol. The number of carbonyl (C=O) groups is 1. The van der Waals surface area contributed by atoms with Gasteiger partial charge in [0.25, 0.3) is 0 Å². The maximum absolute atomic E-state index is 12.7. The monoisotopic (exact) mass is 417 g/mol. The van der Waals surface area contributed by atoms with Gasteiger partial charge in [-0.15, -0.1) is 0 Å². The molecule has 0 aliphatic heterocycles. The maximum atomic E-state index is 12.7. The largest absolute Gasteiger partial charge is 0.487 e. The molecule has 0 aliphatic carbocycles. The van der Waals surface area contributed by atoms with Gasteiger partial charge in [0.1, 0.15) is 12.4 Å². The minimum Gasteiger partial charge on any atom is -0.487 e. The Hall–Kier alpha value is -3.51. The van der Waals surface area contributed by atoms with Crippen LogP contribution in [0, 0.1) is 0 Å².